The Bertz CT molecular complexity index is 285. The maximum atomic E-state index is 5.71. The smallest absolute Gasteiger partial charge is 0.126 e. The summed E-state index contributed by atoms with van der Waals surface area (Å²) < 4.78 is 5.27. The molecule has 1 heterocycles. The summed E-state index contributed by atoms with van der Waals surface area (Å²) in [6, 6.07) is 3.64. The Hall–Kier alpha value is -0.800. The molecule has 0 aliphatic rings. The number of hydrogen-bond acceptors (Lipinski definition) is 3. The van der Waals surface area contributed by atoms with Gasteiger partial charge < -0.3 is 10.1 Å². The third kappa shape index (κ3) is 3.52. The van der Waals surface area contributed by atoms with E-state index >= 15 is 0 Å². The second kappa shape index (κ2) is 4.62. The number of rotatable bonds is 4. The lowest BCUT2D eigenvalue weighted by molar-refractivity contribution is 0.0343. The first kappa shape index (κ1) is 11.3. The number of methoxy groups -OCH3 is 1. The van der Waals surface area contributed by atoms with Gasteiger partial charge in [0.2, 0.25) is 0 Å². The summed E-state index contributed by atoms with van der Waals surface area (Å²) in [7, 11) is 1.69. The zero-order valence-electron chi connectivity index (χ0n) is 8.67. The van der Waals surface area contributed by atoms with Crippen LogP contribution in [0.25, 0.3) is 0 Å². The Morgan fingerprint density at radius 3 is 2.71 bits per heavy atom. The second-order valence-electron chi connectivity index (χ2n) is 3.68. The van der Waals surface area contributed by atoms with Crippen LogP contribution < -0.4 is 5.32 Å². The highest BCUT2D eigenvalue weighted by Gasteiger charge is 2.15. The zero-order chi connectivity index (χ0) is 10.6. The highest BCUT2D eigenvalue weighted by Crippen LogP contribution is 2.12. The van der Waals surface area contributed by atoms with E-state index in [0.29, 0.717) is 11.6 Å². The van der Waals surface area contributed by atoms with E-state index in [2.05, 4.69) is 10.3 Å². The molecule has 0 fully saturated rings. The molecule has 78 valence electrons. The van der Waals surface area contributed by atoms with Gasteiger partial charge in [0.1, 0.15) is 5.82 Å². The van der Waals surface area contributed by atoms with E-state index in [9.17, 15) is 0 Å². The van der Waals surface area contributed by atoms with Crippen LogP contribution in [0.2, 0.25) is 5.02 Å². The molecule has 1 rings (SSSR count). The van der Waals surface area contributed by atoms with Crippen molar-refractivity contribution in [1.29, 1.82) is 0 Å². The lowest BCUT2D eigenvalue weighted by atomic mass is 10.1. The van der Waals surface area contributed by atoms with E-state index in [1.54, 1.807) is 19.4 Å². The molecular formula is C10H15ClN2O. The molecule has 14 heavy (non-hydrogen) atoms. The van der Waals surface area contributed by atoms with Crippen molar-refractivity contribution in [2.75, 3.05) is 19.0 Å². The number of nitrogens with one attached hydrogen (secondary N) is 1. The van der Waals surface area contributed by atoms with Gasteiger partial charge in [0.05, 0.1) is 10.6 Å². The van der Waals surface area contributed by atoms with Gasteiger partial charge >= 0.3 is 0 Å². The van der Waals surface area contributed by atoms with E-state index in [-0.39, 0.29) is 5.60 Å². The Morgan fingerprint density at radius 1 is 1.50 bits per heavy atom. The van der Waals surface area contributed by atoms with E-state index in [1.807, 2.05) is 19.9 Å². The third-order valence-electron chi connectivity index (χ3n) is 1.98. The van der Waals surface area contributed by atoms with E-state index in [4.69, 9.17) is 16.3 Å². The largest absolute Gasteiger partial charge is 0.377 e. The molecule has 1 N–H and O–H groups in total. The predicted octanol–water partition coefficient (Wildman–Crippen LogP) is 2.57. The maximum Gasteiger partial charge on any atom is 0.126 e. The Kier molecular flexibility index (Phi) is 3.72. The normalized spacial score (nSPS) is 11.4. The van der Waals surface area contributed by atoms with E-state index < -0.39 is 0 Å². The van der Waals surface area contributed by atoms with Crippen LogP contribution in [-0.4, -0.2) is 24.2 Å². The molecule has 4 heteroatoms. The monoisotopic (exact) mass is 214 g/mol. The van der Waals surface area contributed by atoms with E-state index in [1.165, 1.54) is 0 Å². The van der Waals surface area contributed by atoms with Crippen LogP contribution >= 0.6 is 11.6 Å². The first-order chi connectivity index (χ1) is 6.53. The van der Waals surface area contributed by atoms with E-state index in [0.717, 1.165) is 5.82 Å². The molecule has 0 saturated heterocycles. The Balaban J connectivity index is 2.50. The van der Waals surface area contributed by atoms with Gasteiger partial charge in [-0.05, 0) is 26.0 Å². The van der Waals surface area contributed by atoms with Crippen LogP contribution in [-0.2, 0) is 4.74 Å². The van der Waals surface area contributed by atoms with Gasteiger partial charge in [0, 0.05) is 19.9 Å². The zero-order valence-corrected chi connectivity index (χ0v) is 9.43. The van der Waals surface area contributed by atoms with Gasteiger partial charge in [0.25, 0.3) is 0 Å². The fourth-order valence-corrected chi connectivity index (χ4v) is 0.968. The van der Waals surface area contributed by atoms with Crippen LogP contribution in [0.15, 0.2) is 18.3 Å². The molecule has 0 radical (unpaired) electrons. The molecule has 0 bridgehead atoms. The summed E-state index contributed by atoms with van der Waals surface area (Å²) in [6.45, 7) is 4.73. The first-order valence-corrected chi connectivity index (χ1v) is 4.82. The topological polar surface area (TPSA) is 34.1 Å². The van der Waals surface area contributed by atoms with Crippen molar-refractivity contribution in [3.63, 3.8) is 0 Å². The van der Waals surface area contributed by atoms with Crippen molar-refractivity contribution in [2.45, 2.75) is 19.4 Å². The van der Waals surface area contributed by atoms with Gasteiger partial charge in [-0.25, -0.2) is 4.98 Å². The molecule has 3 nitrogen and oxygen atoms in total. The number of pyridine rings is 1. The van der Waals surface area contributed by atoms with Gasteiger partial charge in [0.15, 0.2) is 0 Å². The summed E-state index contributed by atoms with van der Waals surface area (Å²) >= 11 is 5.71. The standard InChI is InChI=1S/C10H15ClN2O/c1-10(2,14-3)7-13-9-5-4-8(11)6-12-9/h4-6H,7H2,1-3H3,(H,12,13). The fourth-order valence-electron chi connectivity index (χ4n) is 0.856. The molecular weight excluding hydrogens is 200 g/mol. The summed E-state index contributed by atoms with van der Waals surface area (Å²) in [5, 5.41) is 3.81. The fraction of sp³-hybridized carbons (Fsp3) is 0.500. The van der Waals surface area contributed by atoms with Crippen molar-refractivity contribution in [3.8, 4) is 0 Å². The number of aromatic nitrogens is 1. The van der Waals surface area contributed by atoms with Gasteiger partial charge in [-0.3, -0.25) is 0 Å². The Morgan fingerprint density at radius 2 is 2.21 bits per heavy atom. The molecule has 1 aromatic rings. The molecule has 0 unspecified atom stereocenters. The van der Waals surface area contributed by atoms with Crippen LogP contribution in [0, 0.1) is 0 Å². The molecule has 0 amide bonds. The minimum absolute atomic E-state index is 0.193. The van der Waals surface area contributed by atoms with Crippen LogP contribution in [0.4, 0.5) is 5.82 Å². The van der Waals surface area contributed by atoms with Gasteiger partial charge in [-0.15, -0.1) is 0 Å². The summed E-state index contributed by atoms with van der Waals surface area (Å²) in [6.07, 6.45) is 1.61. The van der Waals surface area contributed by atoms with Crippen molar-refractivity contribution in [3.05, 3.63) is 23.4 Å². The molecule has 1 aromatic heterocycles. The van der Waals surface area contributed by atoms with Crippen LogP contribution in [0.1, 0.15) is 13.8 Å². The molecule has 0 atom stereocenters. The van der Waals surface area contributed by atoms with Gasteiger partial charge in [-0.1, -0.05) is 11.6 Å². The van der Waals surface area contributed by atoms with Crippen molar-refractivity contribution >= 4 is 17.4 Å². The molecule has 0 aliphatic carbocycles. The summed E-state index contributed by atoms with van der Waals surface area (Å²) in [5.74, 6) is 0.805. The minimum Gasteiger partial charge on any atom is -0.377 e. The lowest BCUT2D eigenvalue weighted by Gasteiger charge is -2.23. The minimum atomic E-state index is -0.193. The highest BCUT2D eigenvalue weighted by atomic mass is 35.5. The molecule has 0 spiro atoms. The lowest BCUT2D eigenvalue weighted by Crippen LogP contribution is -2.32. The quantitative estimate of drug-likeness (QED) is 0.837. The summed E-state index contributed by atoms with van der Waals surface area (Å²) in [4.78, 5) is 4.12. The Labute approximate surface area is 89.4 Å². The molecule has 0 aliphatic heterocycles. The first-order valence-electron chi connectivity index (χ1n) is 4.44. The van der Waals surface area contributed by atoms with Crippen molar-refractivity contribution in [1.82, 2.24) is 4.98 Å². The maximum absolute atomic E-state index is 5.71. The van der Waals surface area contributed by atoms with Gasteiger partial charge in [-0.2, -0.15) is 0 Å². The number of hydrogen-bond donors (Lipinski definition) is 1. The van der Waals surface area contributed by atoms with Crippen molar-refractivity contribution in [2.24, 2.45) is 0 Å². The number of anilines is 1. The van der Waals surface area contributed by atoms with Crippen LogP contribution in [0.5, 0.6) is 0 Å². The van der Waals surface area contributed by atoms with Crippen molar-refractivity contribution < 1.29 is 4.74 Å². The second-order valence-corrected chi connectivity index (χ2v) is 4.12. The molecule has 0 saturated carbocycles. The highest BCUT2D eigenvalue weighted by molar-refractivity contribution is 6.30. The average molecular weight is 215 g/mol. The molecule has 0 aromatic carbocycles. The number of halogens is 1. The SMILES string of the molecule is COC(C)(C)CNc1ccc(Cl)cn1. The number of ether oxygens (including phenoxy) is 1. The predicted molar refractivity (Wildman–Crippen MR) is 58.8 cm³/mol. The van der Waals surface area contributed by atoms with Crippen LogP contribution in [0.3, 0.4) is 0 Å². The number of nitrogens with zero attached hydrogens (tertiary/aromatic N) is 1. The third-order valence-corrected chi connectivity index (χ3v) is 2.20. The average Bonchev–Trinajstić information content (AvgIpc) is 2.17. The summed E-state index contributed by atoms with van der Waals surface area (Å²) in [5.41, 5.74) is -0.193.